The Labute approximate surface area is 103 Å². The quantitative estimate of drug-likeness (QED) is 0.564. The van der Waals surface area contributed by atoms with Crippen molar-refractivity contribution in [1.82, 2.24) is 0 Å². The van der Waals surface area contributed by atoms with Gasteiger partial charge in [-0.1, -0.05) is 43.4 Å². The molecule has 0 fully saturated rings. The molecular formula is C15H20O2. The van der Waals surface area contributed by atoms with Crippen LogP contribution in [-0.2, 0) is 4.79 Å². The molecule has 0 aromatic carbocycles. The predicted octanol–water partition coefficient (Wildman–Crippen LogP) is 3.11. The third kappa shape index (κ3) is 4.53. The minimum atomic E-state index is 0.0442. The lowest BCUT2D eigenvalue weighted by Crippen LogP contribution is -2.00. The second-order valence-electron chi connectivity index (χ2n) is 3.97. The van der Waals surface area contributed by atoms with Gasteiger partial charge in [0.05, 0.1) is 0 Å². The first-order valence-electron chi connectivity index (χ1n) is 6.14. The summed E-state index contributed by atoms with van der Waals surface area (Å²) >= 11 is 0. The van der Waals surface area contributed by atoms with Gasteiger partial charge in [-0.15, -0.1) is 0 Å². The van der Waals surface area contributed by atoms with Crippen LogP contribution in [0, 0.1) is 0 Å². The molecule has 0 aromatic heterocycles. The van der Waals surface area contributed by atoms with E-state index >= 15 is 0 Å². The maximum absolute atomic E-state index is 11.8. The normalized spacial score (nSPS) is 18.8. The summed E-state index contributed by atoms with van der Waals surface area (Å²) in [5.74, 6) is 0.0906. The van der Waals surface area contributed by atoms with Crippen LogP contribution in [0.1, 0.15) is 32.6 Å². The fourth-order valence-electron chi connectivity index (χ4n) is 1.71. The van der Waals surface area contributed by atoms with Crippen LogP contribution in [0.3, 0.4) is 0 Å². The molecule has 0 atom stereocenters. The van der Waals surface area contributed by atoms with Gasteiger partial charge in [-0.3, -0.25) is 4.79 Å². The standard InChI is InChI=1S/C15H20O2/c1-2-3-4-5-6-7-8-13-9-10-14(11-12-16)15(13)17/h3-4,6-8,10,16H,2,5,9,11-12H2,1H3/b4-3-,7-6+,13-8+. The molecule has 92 valence electrons. The third-order valence-electron chi connectivity index (χ3n) is 2.64. The maximum Gasteiger partial charge on any atom is 0.185 e. The number of Topliss-reactive ketones (excluding diaryl/α,β-unsaturated/α-hetero) is 1. The van der Waals surface area contributed by atoms with Crippen LogP contribution in [0.5, 0.6) is 0 Å². The highest BCUT2D eigenvalue weighted by molar-refractivity contribution is 6.11. The number of hydrogen-bond donors (Lipinski definition) is 1. The van der Waals surface area contributed by atoms with Gasteiger partial charge in [0.1, 0.15) is 0 Å². The molecule has 0 radical (unpaired) electrons. The van der Waals surface area contributed by atoms with Gasteiger partial charge in [0.15, 0.2) is 5.78 Å². The molecule has 0 saturated heterocycles. The first-order chi connectivity index (χ1) is 8.29. The Bertz CT molecular complexity index is 370. The number of carbonyl (C=O) groups excluding carboxylic acids is 1. The van der Waals surface area contributed by atoms with E-state index < -0.39 is 0 Å². The fourth-order valence-corrected chi connectivity index (χ4v) is 1.71. The molecule has 0 aliphatic heterocycles. The zero-order chi connectivity index (χ0) is 12.5. The van der Waals surface area contributed by atoms with Crippen molar-refractivity contribution in [2.24, 2.45) is 0 Å². The van der Waals surface area contributed by atoms with E-state index in [0.29, 0.717) is 12.8 Å². The molecule has 2 heteroatoms. The second-order valence-corrected chi connectivity index (χ2v) is 3.97. The van der Waals surface area contributed by atoms with E-state index in [-0.39, 0.29) is 12.4 Å². The highest BCUT2D eigenvalue weighted by Crippen LogP contribution is 2.22. The molecule has 0 spiro atoms. The summed E-state index contributed by atoms with van der Waals surface area (Å²) in [7, 11) is 0. The van der Waals surface area contributed by atoms with Crippen molar-refractivity contribution in [2.45, 2.75) is 32.6 Å². The Kier molecular flexibility index (Phi) is 6.26. The molecular weight excluding hydrogens is 212 g/mol. The van der Waals surface area contributed by atoms with Crippen LogP contribution in [0.25, 0.3) is 0 Å². The van der Waals surface area contributed by atoms with Crippen molar-refractivity contribution in [2.75, 3.05) is 6.61 Å². The third-order valence-corrected chi connectivity index (χ3v) is 2.64. The Morgan fingerprint density at radius 2 is 2.18 bits per heavy atom. The van der Waals surface area contributed by atoms with E-state index in [1.807, 2.05) is 24.3 Å². The topological polar surface area (TPSA) is 37.3 Å². The van der Waals surface area contributed by atoms with Crippen molar-refractivity contribution >= 4 is 5.78 Å². The smallest absolute Gasteiger partial charge is 0.185 e. The van der Waals surface area contributed by atoms with Crippen LogP contribution in [-0.4, -0.2) is 17.5 Å². The van der Waals surface area contributed by atoms with Gasteiger partial charge < -0.3 is 5.11 Å². The molecule has 17 heavy (non-hydrogen) atoms. The first kappa shape index (κ1) is 13.7. The zero-order valence-corrected chi connectivity index (χ0v) is 10.4. The van der Waals surface area contributed by atoms with Gasteiger partial charge in [0, 0.05) is 12.2 Å². The lowest BCUT2D eigenvalue weighted by atomic mass is 10.1. The molecule has 0 heterocycles. The average molecular weight is 232 g/mol. The average Bonchev–Trinajstić information content (AvgIpc) is 2.67. The molecule has 1 aliphatic rings. The highest BCUT2D eigenvalue weighted by atomic mass is 16.3. The first-order valence-corrected chi connectivity index (χ1v) is 6.14. The second kappa shape index (κ2) is 7.80. The van der Waals surface area contributed by atoms with Crippen LogP contribution in [0.2, 0.25) is 0 Å². The maximum atomic E-state index is 11.8. The van der Waals surface area contributed by atoms with Gasteiger partial charge in [0.2, 0.25) is 0 Å². The van der Waals surface area contributed by atoms with Gasteiger partial charge in [-0.05, 0) is 31.3 Å². The minimum Gasteiger partial charge on any atom is -0.396 e. The Morgan fingerprint density at radius 1 is 1.35 bits per heavy atom. The van der Waals surface area contributed by atoms with Gasteiger partial charge in [-0.25, -0.2) is 0 Å². The zero-order valence-electron chi connectivity index (χ0n) is 10.4. The molecule has 0 bridgehead atoms. The summed E-state index contributed by atoms with van der Waals surface area (Å²) in [5, 5.41) is 8.79. The number of ketones is 1. The summed E-state index contributed by atoms with van der Waals surface area (Å²) in [5.41, 5.74) is 1.57. The Morgan fingerprint density at radius 3 is 2.88 bits per heavy atom. The molecule has 0 aromatic rings. The fraction of sp³-hybridized carbons (Fsp3) is 0.400. The molecule has 0 saturated carbocycles. The van der Waals surface area contributed by atoms with E-state index in [4.69, 9.17) is 5.11 Å². The van der Waals surface area contributed by atoms with Gasteiger partial charge >= 0.3 is 0 Å². The number of aliphatic hydroxyl groups is 1. The summed E-state index contributed by atoms with van der Waals surface area (Å²) in [6.07, 6.45) is 15.1. The molecule has 1 aliphatic carbocycles. The van der Waals surface area contributed by atoms with Crippen molar-refractivity contribution in [3.8, 4) is 0 Å². The van der Waals surface area contributed by atoms with Gasteiger partial charge in [0.25, 0.3) is 0 Å². The SMILES string of the molecule is CC/C=C\C/C=C/C=C1\CC=C(CCO)C1=O. The Hall–Kier alpha value is -1.41. The summed E-state index contributed by atoms with van der Waals surface area (Å²) in [6.45, 7) is 2.15. The van der Waals surface area contributed by atoms with E-state index in [1.165, 1.54) is 0 Å². The largest absolute Gasteiger partial charge is 0.396 e. The van der Waals surface area contributed by atoms with E-state index in [2.05, 4.69) is 19.1 Å². The molecule has 0 amide bonds. The number of hydrogen-bond acceptors (Lipinski definition) is 2. The van der Waals surface area contributed by atoms with E-state index in [0.717, 1.165) is 24.0 Å². The monoisotopic (exact) mass is 232 g/mol. The minimum absolute atomic E-state index is 0.0442. The number of carbonyl (C=O) groups is 1. The molecule has 1 N–H and O–H groups in total. The summed E-state index contributed by atoms with van der Waals surface area (Å²) in [6, 6.07) is 0. The van der Waals surface area contributed by atoms with Gasteiger partial charge in [-0.2, -0.15) is 0 Å². The summed E-state index contributed by atoms with van der Waals surface area (Å²) in [4.78, 5) is 11.8. The lowest BCUT2D eigenvalue weighted by molar-refractivity contribution is -0.112. The van der Waals surface area contributed by atoms with E-state index in [1.54, 1.807) is 0 Å². The van der Waals surface area contributed by atoms with Crippen LogP contribution in [0.4, 0.5) is 0 Å². The summed E-state index contributed by atoms with van der Waals surface area (Å²) < 4.78 is 0. The van der Waals surface area contributed by atoms with Crippen molar-refractivity contribution in [1.29, 1.82) is 0 Å². The van der Waals surface area contributed by atoms with Crippen LogP contribution < -0.4 is 0 Å². The van der Waals surface area contributed by atoms with Crippen molar-refractivity contribution in [3.05, 3.63) is 47.6 Å². The van der Waals surface area contributed by atoms with Crippen molar-refractivity contribution < 1.29 is 9.90 Å². The lowest BCUT2D eigenvalue weighted by Gasteiger charge is -1.96. The predicted molar refractivity (Wildman–Crippen MR) is 70.7 cm³/mol. The highest BCUT2D eigenvalue weighted by Gasteiger charge is 2.19. The van der Waals surface area contributed by atoms with E-state index in [9.17, 15) is 4.79 Å². The number of allylic oxidation sites excluding steroid dienone is 7. The van der Waals surface area contributed by atoms with Crippen LogP contribution >= 0.6 is 0 Å². The number of rotatable bonds is 6. The van der Waals surface area contributed by atoms with Crippen molar-refractivity contribution in [3.63, 3.8) is 0 Å². The van der Waals surface area contributed by atoms with Crippen LogP contribution in [0.15, 0.2) is 47.6 Å². The molecule has 1 rings (SSSR count). The molecule has 0 unspecified atom stereocenters. The Balaban J connectivity index is 2.43. The number of aliphatic hydroxyl groups excluding tert-OH is 1. The molecule has 2 nitrogen and oxygen atoms in total.